The van der Waals surface area contributed by atoms with Crippen LogP contribution in [0.2, 0.25) is 0 Å². The van der Waals surface area contributed by atoms with Crippen molar-refractivity contribution in [1.82, 2.24) is 5.06 Å². The number of fused-ring (bicyclic) bond motifs is 2. The normalized spacial score (nSPS) is 11.1. The molecule has 34 heavy (non-hydrogen) atoms. The molecular formula is C25H18Br2F3NO3. The zero-order valence-electron chi connectivity index (χ0n) is 18.0. The fraction of sp³-hybridized carbons (Fsp3) is 0.120. The number of carbonyl (C=O) groups is 2. The molecule has 0 spiro atoms. The lowest BCUT2D eigenvalue weighted by molar-refractivity contribution is -0.0884. The molecule has 4 rings (SSSR count). The maximum Gasteiger partial charge on any atom is 0.454 e. The molecule has 0 saturated carbocycles. The predicted molar refractivity (Wildman–Crippen MR) is 133 cm³/mol. The number of nitrogens with zero attached hydrogens (tertiary/aromatic N) is 1. The van der Waals surface area contributed by atoms with E-state index in [1.165, 1.54) is 30.4 Å². The number of rotatable bonds is 3. The van der Waals surface area contributed by atoms with Crippen molar-refractivity contribution in [3.05, 3.63) is 92.9 Å². The van der Waals surface area contributed by atoms with Crippen molar-refractivity contribution in [2.45, 2.75) is 6.18 Å². The van der Waals surface area contributed by atoms with Crippen LogP contribution in [0.4, 0.5) is 13.2 Å². The Kier molecular flexibility index (Phi) is 8.12. The van der Waals surface area contributed by atoms with Crippen LogP contribution in [0.15, 0.2) is 81.7 Å². The van der Waals surface area contributed by atoms with Gasteiger partial charge in [-0.25, -0.2) is 5.06 Å². The van der Waals surface area contributed by atoms with Crippen LogP contribution >= 0.6 is 31.9 Å². The Hall–Kier alpha value is -2.75. The molecule has 0 saturated heterocycles. The molecule has 0 atom stereocenters. The number of hydroxylamine groups is 2. The highest BCUT2D eigenvalue weighted by molar-refractivity contribution is 9.11. The van der Waals surface area contributed by atoms with Crippen molar-refractivity contribution in [3.8, 4) is 0 Å². The van der Waals surface area contributed by atoms with Gasteiger partial charge in [0.2, 0.25) is 0 Å². The number of amides is 1. The van der Waals surface area contributed by atoms with Gasteiger partial charge in [-0.1, -0.05) is 80.4 Å². The second kappa shape index (κ2) is 10.7. The van der Waals surface area contributed by atoms with Crippen molar-refractivity contribution in [2.75, 3.05) is 14.2 Å². The molecule has 9 heteroatoms. The molecule has 0 N–H and O–H groups in total. The topological polar surface area (TPSA) is 46.6 Å². The first-order chi connectivity index (χ1) is 16.1. The van der Waals surface area contributed by atoms with Gasteiger partial charge in [0.15, 0.2) is 0 Å². The fourth-order valence-corrected chi connectivity index (χ4v) is 4.27. The molecule has 0 fully saturated rings. The summed E-state index contributed by atoms with van der Waals surface area (Å²) < 4.78 is 38.8. The second-order valence-corrected chi connectivity index (χ2v) is 8.80. The van der Waals surface area contributed by atoms with E-state index in [0.29, 0.717) is 20.8 Å². The first kappa shape index (κ1) is 25.9. The predicted octanol–water partition coefficient (Wildman–Crippen LogP) is 7.58. The smallest absolute Gasteiger partial charge is 0.284 e. The Morgan fingerprint density at radius 3 is 1.59 bits per heavy atom. The molecule has 0 unspecified atom stereocenters. The van der Waals surface area contributed by atoms with E-state index in [1.54, 1.807) is 31.3 Å². The first-order valence-electron chi connectivity index (χ1n) is 9.84. The van der Waals surface area contributed by atoms with Gasteiger partial charge in [-0.3, -0.25) is 14.4 Å². The van der Waals surface area contributed by atoms with Crippen LogP contribution in [0.25, 0.3) is 21.5 Å². The van der Waals surface area contributed by atoms with E-state index >= 15 is 0 Å². The zero-order valence-corrected chi connectivity index (χ0v) is 21.2. The maximum atomic E-state index is 12.4. The summed E-state index contributed by atoms with van der Waals surface area (Å²) >= 11 is 6.72. The second-order valence-electron chi connectivity index (χ2n) is 7.09. The third kappa shape index (κ3) is 5.48. The number of hydrogen-bond acceptors (Lipinski definition) is 3. The van der Waals surface area contributed by atoms with E-state index in [0.717, 1.165) is 15.2 Å². The number of carbonyl (C=O) groups excluding carboxylic acids is 2. The Balaban J connectivity index is 0.000000191. The number of alkyl halides is 3. The summed E-state index contributed by atoms with van der Waals surface area (Å²) in [5.41, 5.74) is 0.310. The van der Waals surface area contributed by atoms with E-state index in [4.69, 9.17) is 4.84 Å². The summed E-state index contributed by atoms with van der Waals surface area (Å²) in [4.78, 5) is 28.3. The summed E-state index contributed by atoms with van der Waals surface area (Å²) in [6.45, 7) is 0. The van der Waals surface area contributed by atoms with Crippen LogP contribution in [0.5, 0.6) is 0 Å². The maximum absolute atomic E-state index is 12.4. The molecule has 4 aromatic rings. The first-order valence-corrected chi connectivity index (χ1v) is 11.4. The van der Waals surface area contributed by atoms with Crippen molar-refractivity contribution in [2.24, 2.45) is 0 Å². The van der Waals surface area contributed by atoms with Crippen molar-refractivity contribution >= 4 is 65.1 Å². The van der Waals surface area contributed by atoms with Gasteiger partial charge in [0, 0.05) is 27.1 Å². The third-order valence-electron chi connectivity index (χ3n) is 5.03. The van der Waals surface area contributed by atoms with Gasteiger partial charge in [0.25, 0.3) is 11.7 Å². The summed E-state index contributed by atoms with van der Waals surface area (Å²) in [5.74, 6) is -1.97. The van der Waals surface area contributed by atoms with Crippen molar-refractivity contribution < 1.29 is 27.6 Å². The lowest BCUT2D eigenvalue weighted by atomic mass is 10.0. The van der Waals surface area contributed by atoms with Crippen LogP contribution < -0.4 is 0 Å². The van der Waals surface area contributed by atoms with Gasteiger partial charge >= 0.3 is 6.18 Å². The van der Waals surface area contributed by atoms with Gasteiger partial charge in [0.1, 0.15) is 0 Å². The average molecular weight is 597 g/mol. The lowest BCUT2D eigenvalue weighted by Crippen LogP contribution is -2.25. The largest absolute Gasteiger partial charge is 0.454 e. The molecule has 0 radical (unpaired) electrons. The molecule has 0 aliphatic heterocycles. The van der Waals surface area contributed by atoms with Crippen molar-refractivity contribution in [1.29, 1.82) is 0 Å². The van der Waals surface area contributed by atoms with Crippen LogP contribution in [-0.4, -0.2) is 37.1 Å². The van der Waals surface area contributed by atoms with Gasteiger partial charge in [0.05, 0.1) is 7.11 Å². The molecule has 4 aromatic carbocycles. The number of ketones is 1. The highest BCUT2D eigenvalue weighted by Crippen LogP contribution is 2.31. The summed E-state index contributed by atoms with van der Waals surface area (Å²) in [6.07, 6.45) is -4.85. The molecule has 0 aliphatic carbocycles. The van der Waals surface area contributed by atoms with Gasteiger partial charge in [-0.2, -0.15) is 13.2 Å². The monoisotopic (exact) mass is 595 g/mol. The minimum atomic E-state index is -4.85. The van der Waals surface area contributed by atoms with Gasteiger partial charge < -0.3 is 0 Å². The molecule has 4 nitrogen and oxygen atoms in total. The zero-order chi connectivity index (χ0) is 25.0. The van der Waals surface area contributed by atoms with Crippen molar-refractivity contribution in [3.63, 3.8) is 0 Å². The quantitative estimate of drug-likeness (QED) is 0.181. The SMILES string of the molecule is CON(C)C(=O)c1ccc(Br)c2ccccc12.O=C(c1ccc(Br)c2ccccc12)C(F)(F)F. The molecule has 0 aromatic heterocycles. The Labute approximate surface area is 210 Å². The number of halogens is 5. The van der Waals surface area contributed by atoms with Crippen LogP contribution in [-0.2, 0) is 4.84 Å². The average Bonchev–Trinajstić information content (AvgIpc) is 2.83. The highest BCUT2D eigenvalue weighted by Gasteiger charge is 2.40. The highest BCUT2D eigenvalue weighted by atomic mass is 79.9. The van der Waals surface area contributed by atoms with Crippen LogP contribution in [0.3, 0.4) is 0 Å². The van der Waals surface area contributed by atoms with Crippen LogP contribution in [0, 0.1) is 0 Å². The number of hydrogen-bond donors (Lipinski definition) is 0. The molecule has 0 aliphatic rings. The minimum Gasteiger partial charge on any atom is -0.284 e. The standard InChI is InChI=1S/C13H12BrNO2.C12H6BrF3O/c1-15(17-2)13(16)11-7-8-12(14)10-6-4-3-5-9(10)11;13-10-6-5-9(11(17)12(14,15)16)7-3-1-2-4-8(7)10/h3-8H,1-2H3;1-6H. The van der Waals surface area contributed by atoms with E-state index in [2.05, 4.69) is 31.9 Å². The molecule has 0 heterocycles. The van der Waals surface area contributed by atoms with E-state index in [-0.39, 0.29) is 11.5 Å². The third-order valence-corrected chi connectivity index (χ3v) is 6.42. The van der Waals surface area contributed by atoms with Gasteiger partial charge in [-0.15, -0.1) is 0 Å². The number of Topliss-reactive ketones (excluding diaryl/α,β-unsaturated/α-hetero) is 1. The van der Waals surface area contributed by atoms with E-state index in [1.807, 2.05) is 30.3 Å². The molecular weight excluding hydrogens is 579 g/mol. The summed E-state index contributed by atoms with van der Waals surface area (Å²) in [6, 6.07) is 20.5. The molecule has 176 valence electrons. The number of benzene rings is 4. The van der Waals surface area contributed by atoms with E-state index < -0.39 is 12.0 Å². The molecule has 1 amide bonds. The van der Waals surface area contributed by atoms with Gasteiger partial charge in [-0.05, 0) is 45.8 Å². The lowest BCUT2D eigenvalue weighted by Gasteiger charge is -2.15. The molecule has 0 bridgehead atoms. The summed E-state index contributed by atoms with van der Waals surface area (Å²) in [5, 5.41) is 4.03. The summed E-state index contributed by atoms with van der Waals surface area (Å²) in [7, 11) is 3.07. The van der Waals surface area contributed by atoms with Crippen LogP contribution in [0.1, 0.15) is 20.7 Å². The van der Waals surface area contributed by atoms with E-state index in [9.17, 15) is 22.8 Å². The Bertz CT molecular complexity index is 1370. The Morgan fingerprint density at radius 1 is 0.735 bits per heavy atom. The fourth-order valence-electron chi connectivity index (χ4n) is 3.31. The minimum absolute atomic E-state index is 0.156. The Morgan fingerprint density at radius 2 is 1.15 bits per heavy atom.